The normalized spacial score (nSPS) is 10.3. The van der Waals surface area contributed by atoms with E-state index in [1.54, 1.807) is 13.0 Å². The number of thiol groups is 1. The monoisotopic (exact) mass is 319 g/mol. The van der Waals surface area contributed by atoms with Crippen LogP contribution in [0.3, 0.4) is 0 Å². The van der Waals surface area contributed by atoms with Gasteiger partial charge in [-0.2, -0.15) is 12.6 Å². The van der Waals surface area contributed by atoms with Crippen molar-refractivity contribution in [2.45, 2.75) is 19.8 Å². The zero-order chi connectivity index (χ0) is 12.8. The number of benzene rings is 1. The second-order valence-electron chi connectivity index (χ2n) is 3.61. The lowest BCUT2D eigenvalue weighted by atomic mass is 10.2. The summed E-state index contributed by atoms with van der Waals surface area (Å²) in [6.45, 7) is 2.27. The van der Waals surface area contributed by atoms with E-state index < -0.39 is 4.92 Å². The van der Waals surface area contributed by atoms with Crippen molar-refractivity contribution in [1.82, 2.24) is 0 Å². The standard InChI is InChI=1S/C11H14BrNO3S/c1-8-6-9(12)7-10(13(14)15)11(8)16-4-2-3-5-17/h6-7,17H,2-5H2,1H3. The van der Waals surface area contributed by atoms with E-state index in [1.807, 2.05) is 0 Å². The Kier molecular flexibility index (Phi) is 5.77. The van der Waals surface area contributed by atoms with E-state index in [0.717, 1.165) is 24.2 Å². The summed E-state index contributed by atoms with van der Waals surface area (Å²) in [4.78, 5) is 10.5. The van der Waals surface area contributed by atoms with Gasteiger partial charge in [0.2, 0.25) is 0 Å². The molecule has 0 bridgehead atoms. The lowest BCUT2D eigenvalue weighted by molar-refractivity contribution is -0.386. The lowest BCUT2D eigenvalue weighted by Gasteiger charge is -2.09. The van der Waals surface area contributed by atoms with Crippen LogP contribution in [0.1, 0.15) is 18.4 Å². The average Bonchev–Trinajstić information content (AvgIpc) is 2.25. The van der Waals surface area contributed by atoms with Crippen LogP contribution in [0.15, 0.2) is 16.6 Å². The van der Waals surface area contributed by atoms with Crippen molar-refractivity contribution < 1.29 is 9.66 Å². The van der Waals surface area contributed by atoms with Crippen LogP contribution < -0.4 is 4.74 Å². The van der Waals surface area contributed by atoms with E-state index in [0.29, 0.717) is 16.8 Å². The number of ether oxygens (including phenoxy) is 1. The second-order valence-corrected chi connectivity index (χ2v) is 4.97. The van der Waals surface area contributed by atoms with Gasteiger partial charge < -0.3 is 4.74 Å². The van der Waals surface area contributed by atoms with Gasteiger partial charge in [0.25, 0.3) is 0 Å². The number of rotatable bonds is 6. The van der Waals surface area contributed by atoms with Gasteiger partial charge in [-0.25, -0.2) is 0 Å². The topological polar surface area (TPSA) is 52.4 Å². The largest absolute Gasteiger partial charge is 0.487 e. The van der Waals surface area contributed by atoms with Crippen LogP contribution in [0, 0.1) is 17.0 Å². The van der Waals surface area contributed by atoms with Crippen LogP contribution >= 0.6 is 28.6 Å². The Morgan fingerprint density at radius 1 is 1.47 bits per heavy atom. The van der Waals surface area contributed by atoms with Crippen molar-refractivity contribution in [2.75, 3.05) is 12.4 Å². The van der Waals surface area contributed by atoms with Gasteiger partial charge in [-0.05, 0) is 37.1 Å². The number of hydrogen-bond donors (Lipinski definition) is 1. The average molecular weight is 320 g/mol. The van der Waals surface area contributed by atoms with Gasteiger partial charge in [0, 0.05) is 10.5 Å². The van der Waals surface area contributed by atoms with E-state index in [1.165, 1.54) is 6.07 Å². The van der Waals surface area contributed by atoms with Crippen LogP contribution in [0.5, 0.6) is 5.75 Å². The Morgan fingerprint density at radius 3 is 2.76 bits per heavy atom. The van der Waals surface area contributed by atoms with E-state index in [-0.39, 0.29) is 5.69 Å². The van der Waals surface area contributed by atoms with E-state index in [4.69, 9.17) is 4.74 Å². The Balaban J connectivity index is 2.85. The van der Waals surface area contributed by atoms with Crippen molar-refractivity contribution >= 4 is 34.2 Å². The summed E-state index contributed by atoms with van der Waals surface area (Å²) >= 11 is 7.34. The molecule has 1 aromatic carbocycles. The quantitative estimate of drug-likeness (QED) is 0.376. The van der Waals surface area contributed by atoms with E-state index in [9.17, 15) is 10.1 Å². The first-order valence-corrected chi connectivity index (χ1v) is 6.67. The summed E-state index contributed by atoms with van der Waals surface area (Å²) in [6.07, 6.45) is 1.78. The van der Waals surface area contributed by atoms with Crippen LogP contribution in [0.2, 0.25) is 0 Å². The van der Waals surface area contributed by atoms with Gasteiger partial charge in [-0.15, -0.1) is 0 Å². The van der Waals surface area contributed by atoms with Gasteiger partial charge in [-0.3, -0.25) is 10.1 Å². The molecule has 0 unspecified atom stereocenters. The maximum absolute atomic E-state index is 10.9. The molecular formula is C11H14BrNO3S. The zero-order valence-corrected chi connectivity index (χ0v) is 12.0. The summed E-state index contributed by atoms with van der Waals surface area (Å²) < 4.78 is 6.17. The highest BCUT2D eigenvalue weighted by atomic mass is 79.9. The molecule has 0 aliphatic rings. The maximum atomic E-state index is 10.9. The molecule has 4 nitrogen and oxygen atoms in total. The molecule has 1 rings (SSSR count). The fourth-order valence-electron chi connectivity index (χ4n) is 1.42. The molecule has 0 atom stereocenters. The molecule has 0 saturated heterocycles. The van der Waals surface area contributed by atoms with Crippen molar-refractivity contribution in [3.8, 4) is 5.75 Å². The van der Waals surface area contributed by atoms with E-state index >= 15 is 0 Å². The highest BCUT2D eigenvalue weighted by Gasteiger charge is 2.18. The number of halogens is 1. The molecule has 0 spiro atoms. The number of hydrogen-bond acceptors (Lipinski definition) is 4. The number of nitro benzene ring substituents is 1. The molecule has 0 aromatic heterocycles. The van der Waals surface area contributed by atoms with Gasteiger partial charge in [-0.1, -0.05) is 15.9 Å². The smallest absolute Gasteiger partial charge is 0.312 e. The predicted octanol–water partition coefficient (Wildman–Crippen LogP) is 3.75. The zero-order valence-electron chi connectivity index (χ0n) is 9.48. The second kappa shape index (κ2) is 6.86. The molecule has 6 heteroatoms. The third kappa shape index (κ3) is 4.20. The first kappa shape index (κ1) is 14.3. The van der Waals surface area contributed by atoms with Gasteiger partial charge in [0.15, 0.2) is 5.75 Å². The first-order valence-electron chi connectivity index (χ1n) is 5.24. The van der Waals surface area contributed by atoms with Crippen molar-refractivity contribution in [3.05, 3.63) is 32.3 Å². The van der Waals surface area contributed by atoms with Gasteiger partial charge in [0.1, 0.15) is 0 Å². The fourth-order valence-corrected chi connectivity index (χ4v) is 2.21. The Hall–Kier alpha value is -0.750. The molecular weight excluding hydrogens is 306 g/mol. The molecule has 94 valence electrons. The highest BCUT2D eigenvalue weighted by molar-refractivity contribution is 9.10. The fraction of sp³-hybridized carbons (Fsp3) is 0.455. The molecule has 0 fully saturated rings. The molecule has 0 heterocycles. The van der Waals surface area contributed by atoms with Gasteiger partial charge >= 0.3 is 5.69 Å². The first-order chi connectivity index (χ1) is 8.06. The Bertz CT molecular complexity index is 412. The van der Waals surface area contributed by atoms with Crippen LogP contribution in [-0.2, 0) is 0 Å². The summed E-state index contributed by atoms with van der Waals surface area (Å²) in [6, 6.07) is 3.27. The van der Waals surface area contributed by atoms with Crippen molar-refractivity contribution in [3.63, 3.8) is 0 Å². The summed E-state index contributed by atoms with van der Waals surface area (Å²) in [7, 11) is 0. The minimum atomic E-state index is -0.425. The number of aryl methyl sites for hydroxylation is 1. The third-order valence-electron chi connectivity index (χ3n) is 2.22. The molecule has 0 aliphatic carbocycles. The predicted molar refractivity (Wildman–Crippen MR) is 74.1 cm³/mol. The molecule has 0 amide bonds. The molecule has 1 aromatic rings. The van der Waals surface area contributed by atoms with Crippen LogP contribution in [-0.4, -0.2) is 17.3 Å². The summed E-state index contributed by atoms with van der Waals surface area (Å²) in [5, 5.41) is 10.9. The molecule has 0 saturated carbocycles. The molecule has 0 aliphatic heterocycles. The maximum Gasteiger partial charge on any atom is 0.312 e. The minimum Gasteiger partial charge on any atom is -0.487 e. The van der Waals surface area contributed by atoms with Crippen molar-refractivity contribution in [2.24, 2.45) is 0 Å². The molecule has 0 N–H and O–H groups in total. The molecule has 0 radical (unpaired) electrons. The van der Waals surface area contributed by atoms with Crippen LogP contribution in [0.25, 0.3) is 0 Å². The minimum absolute atomic E-state index is 0.00254. The highest BCUT2D eigenvalue weighted by Crippen LogP contribution is 2.34. The SMILES string of the molecule is Cc1cc(Br)cc([N+](=O)[O-])c1OCCCCS. The van der Waals surface area contributed by atoms with Crippen LogP contribution in [0.4, 0.5) is 5.69 Å². The Morgan fingerprint density at radius 2 is 2.18 bits per heavy atom. The van der Waals surface area contributed by atoms with Gasteiger partial charge in [0.05, 0.1) is 11.5 Å². The third-order valence-corrected chi connectivity index (χ3v) is 2.99. The lowest BCUT2D eigenvalue weighted by Crippen LogP contribution is -2.02. The van der Waals surface area contributed by atoms with E-state index in [2.05, 4.69) is 28.6 Å². The number of nitrogens with zero attached hydrogens (tertiary/aromatic N) is 1. The molecule has 17 heavy (non-hydrogen) atoms. The van der Waals surface area contributed by atoms with Crippen molar-refractivity contribution in [1.29, 1.82) is 0 Å². The number of unbranched alkanes of at least 4 members (excludes halogenated alkanes) is 1. The summed E-state index contributed by atoms with van der Waals surface area (Å²) in [5.74, 6) is 1.16. The summed E-state index contributed by atoms with van der Waals surface area (Å²) in [5.41, 5.74) is 0.764. The number of nitro groups is 1. The Labute approximate surface area is 114 Å².